The van der Waals surface area contributed by atoms with Crippen molar-refractivity contribution in [2.45, 2.75) is 19.3 Å². The van der Waals surface area contributed by atoms with Crippen LogP contribution in [0.4, 0.5) is 0 Å². The van der Waals surface area contributed by atoms with E-state index in [2.05, 4.69) is 77.7 Å². The number of hydrogen-bond donors (Lipinski definition) is 13. The number of hydrogen-bond acceptors (Lipinski definition) is 27. The van der Waals surface area contributed by atoms with Crippen LogP contribution in [0.3, 0.4) is 0 Å². The summed E-state index contributed by atoms with van der Waals surface area (Å²) in [6.07, 6.45) is 10.9. The van der Waals surface area contributed by atoms with E-state index in [1.165, 1.54) is 91.6 Å². The van der Waals surface area contributed by atoms with Gasteiger partial charge in [0, 0.05) is 89.6 Å². The van der Waals surface area contributed by atoms with Crippen molar-refractivity contribution in [1.29, 1.82) is 0 Å². The lowest BCUT2D eigenvalue weighted by molar-refractivity contribution is -0.198. The molecule has 0 unspecified atom stereocenters. The van der Waals surface area contributed by atoms with Crippen LogP contribution in [0.15, 0.2) is 60.8 Å². The van der Waals surface area contributed by atoms with Crippen LogP contribution in [0, 0.1) is 5.92 Å². The molecule has 0 spiro atoms. The van der Waals surface area contributed by atoms with E-state index in [9.17, 15) is 81.5 Å². The van der Waals surface area contributed by atoms with Crippen molar-refractivity contribution in [3.63, 3.8) is 0 Å². The SMILES string of the molecule is CN.CN.CN.CN.CN.CN.CN.CN.CN.CNC(=O)CN1C(=O)C=CC1=O.CNC(=O)CN1C(=O)C=CC1=O.CNC(=O)CN1C(=O)C=CC1=O.CNC(=O)CN1C(=O)C=CC1=O.O=C(CC1C(=O)C=CC1=O)ON1C(=O)CCC1=O. The molecule has 6 aliphatic rings. The van der Waals surface area contributed by atoms with Gasteiger partial charge in [0.15, 0.2) is 11.6 Å². The average Bonchev–Trinajstić information content (AvgIpc) is 4.45. The summed E-state index contributed by atoms with van der Waals surface area (Å²) >= 11 is 0. The first kappa shape index (κ1) is 91.2. The van der Waals surface area contributed by atoms with Crippen LogP contribution in [0.1, 0.15) is 19.3 Å². The monoisotopic (exact) mass is 1200 g/mol. The predicted octanol–water partition coefficient (Wildman–Crippen LogP) is -9.89. The Balaban J connectivity index is -0.000000135. The van der Waals surface area contributed by atoms with Crippen molar-refractivity contribution in [2.75, 3.05) is 118 Å². The standard InChI is InChI=1S/C11H9NO6.4C7H8N2O3.9CH5N/c13-7-1-2-8(14)6(7)5-11(17)18-12-9(15)3-4-10(12)16;4*1-8-5(10)4-9-6(11)2-3-7(9)12;9*1-2/h1-2,6H,3-5H2;4*2-3H,4H2,1H3,(H,8,10);9*2H2,1H3. The molecule has 0 bridgehead atoms. The van der Waals surface area contributed by atoms with E-state index >= 15 is 0 Å². The van der Waals surface area contributed by atoms with E-state index in [-0.39, 0.29) is 62.6 Å². The van der Waals surface area contributed by atoms with Crippen LogP contribution in [0.5, 0.6) is 0 Å². The summed E-state index contributed by atoms with van der Waals surface area (Å²) < 4.78 is 0. The maximum atomic E-state index is 11.4. The zero-order valence-electron chi connectivity index (χ0n) is 49.6. The lowest BCUT2D eigenvalue weighted by Gasteiger charge is -2.13. The Hall–Kier alpha value is -9.27. The number of allylic oxidation sites excluding steroid dienone is 2. The number of rotatable bonds is 11. The minimum atomic E-state index is -1.09. The van der Waals surface area contributed by atoms with E-state index in [4.69, 9.17) is 0 Å². The fourth-order valence-electron chi connectivity index (χ4n) is 4.94. The zero-order chi connectivity index (χ0) is 67.8. The fourth-order valence-corrected chi connectivity index (χ4v) is 4.94. The number of nitrogens with one attached hydrogen (secondary N) is 4. The highest BCUT2D eigenvalue weighted by Gasteiger charge is 2.36. The highest BCUT2D eigenvalue weighted by atomic mass is 16.7. The highest BCUT2D eigenvalue weighted by Crippen LogP contribution is 2.18. The molecule has 0 atom stereocenters. The van der Waals surface area contributed by atoms with Crippen molar-refractivity contribution in [3.8, 4) is 0 Å². The Morgan fingerprint density at radius 3 is 0.702 bits per heavy atom. The van der Waals surface area contributed by atoms with Gasteiger partial charge in [-0.25, -0.2) is 4.79 Å². The third-order valence-corrected chi connectivity index (χ3v) is 8.59. The van der Waals surface area contributed by atoms with Gasteiger partial charge in [0.05, 0.1) is 12.3 Å². The van der Waals surface area contributed by atoms with E-state index in [0.29, 0.717) is 5.06 Å². The summed E-state index contributed by atoms with van der Waals surface area (Å²) in [5.74, 6) is -9.17. The number of nitrogens with zero attached hydrogens (tertiary/aromatic N) is 5. The van der Waals surface area contributed by atoms with Crippen molar-refractivity contribution >= 4 is 100 Å². The quantitative estimate of drug-likeness (QED) is 0.0675. The molecule has 36 nitrogen and oxygen atoms in total. The zero-order valence-corrected chi connectivity index (χ0v) is 49.6. The van der Waals surface area contributed by atoms with Crippen LogP contribution in [-0.2, 0) is 86.3 Å². The van der Waals surface area contributed by atoms with Gasteiger partial charge >= 0.3 is 5.97 Å². The number of carbonyl (C=O) groups excluding carboxylic acids is 17. The molecule has 0 aromatic carbocycles. The van der Waals surface area contributed by atoms with Crippen molar-refractivity contribution in [3.05, 3.63) is 60.8 Å². The van der Waals surface area contributed by atoms with Gasteiger partial charge in [-0.2, -0.15) is 0 Å². The molecule has 36 heteroatoms. The maximum Gasteiger partial charge on any atom is 0.334 e. The maximum absolute atomic E-state index is 11.4. The van der Waals surface area contributed by atoms with Gasteiger partial charge in [-0.15, -0.1) is 5.06 Å². The first-order valence-electron chi connectivity index (χ1n) is 24.1. The highest BCUT2D eigenvalue weighted by molar-refractivity contribution is 6.20. The molecule has 0 aromatic heterocycles. The summed E-state index contributed by atoms with van der Waals surface area (Å²) in [5, 5.41) is 9.67. The van der Waals surface area contributed by atoms with Crippen molar-refractivity contribution in [2.24, 2.45) is 57.5 Å². The minimum absolute atomic E-state index is 0.00500. The molecule has 476 valence electrons. The van der Waals surface area contributed by atoms with Gasteiger partial charge in [-0.3, -0.25) is 96.3 Å². The topological polar surface area (TPSA) is 598 Å². The molecule has 5 heterocycles. The predicted molar refractivity (Wildman–Crippen MR) is 305 cm³/mol. The lowest BCUT2D eigenvalue weighted by Crippen LogP contribution is -2.39. The van der Waals surface area contributed by atoms with Crippen molar-refractivity contribution < 1.29 is 86.3 Å². The third-order valence-electron chi connectivity index (χ3n) is 8.59. The van der Waals surface area contributed by atoms with E-state index in [0.717, 1.165) is 80.4 Å². The summed E-state index contributed by atoms with van der Waals surface area (Å²) in [7, 11) is 19.3. The number of hydroxylamine groups is 2. The van der Waals surface area contributed by atoms with Gasteiger partial charge in [-0.1, -0.05) is 0 Å². The van der Waals surface area contributed by atoms with E-state index < -0.39 is 88.9 Å². The van der Waals surface area contributed by atoms with Gasteiger partial charge in [0.25, 0.3) is 59.1 Å². The first-order chi connectivity index (χ1) is 40.1. The van der Waals surface area contributed by atoms with Crippen LogP contribution in [0.25, 0.3) is 0 Å². The summed E-state index contributed by atoms with van der Waals surface area (Å²) in [5.41, 5.74) is 40.5. The van der Waals surface area contributed by atoms with Gasteiger partial charge in [0.2, 0.25) is 23.6 Å². The molecule has 6 rings (SSSR count). The Morgan fingerprint density at radius 2 is 0.536 bits per heavy atom. The Bertz CT molecular complexity index is 1990. The summed E-state index contributed by atoms with van der Waals surface area (Å²) in [4.78, 5) is 194. The molecule has 84 heavy (non-hydrogen) atoms. The number of likely N-dealkylation sites (N-methyl/N-ethyl adjacent to an activating group) is 4. The number of amides is 14. The number of imide groups is 5. The van der Waals surface area contributed by atoms with Crippen LogP contribution < -0.4 is 72.9 Å². The Labute approximate surface area is 486 Å². The summed E-state index contributed by atoms with van der Waals surface area (Å²) in [6.45, 7) is -0.829. The fraction of sp³-hybridized carbons (Fsp3) is 0.438. The first-order valence-corrected chi connectivity index (χ1v) is 24.1. The average molecular weight is 1200 g/mol. The number of nitrogens with two attached hydrogens (primary N) is 9. The van der Waals surface area contributed by atoms with Crippen LogP contribution in [-0.4, -0.2) is 243 Å². The molecule has 14 amide bonds. The molecule has 1 saturated heterocycles. The molecule has 0 saturated carbocycles. The molecular weight excluding hydrogens is 1120 g/mol. The van der Waals surface area contributed by atoms with Gasteiger partial charge in [0.1, 0.15) is 26.2 Å². The minimum Gasteiger partial charge on any atom is -0.358 e. The molecular formula is C48H86N18O18. The largest absolute Gasteiger partial charge is 0.358 e. The number of ketones is 2. The molecule has 22 N–H and O–H groups in total. The molecule has 0 radical (unpaired) electrons. The molecule has 0 aromatic rings. The van der Waals surface area contributed by atoms with Crippen molar-refractivity contribution in [1.82, 2.24) is 45.9 Å². The smallest absolute Gasteiger partial charge is 0.334 e. The van der Waals surface area contributed by atoms with E-state index in [1.54, 1.807) is 0 Å². The number of carbonyl (C=O) groups is 17. The normalized spacial score (nSPS) is 13.9. The molecule has 1 fully saturated rings. The second-order valence-electron chi connectivity index (χ2n) is 13.0. The second kappa shape index (κ2) is 58.4. The molecule has 1 aliphatic carbocycles. The third kappa shape index (κ3) is 36.9. The molecule has 5 aliphatic heterocycles. The summed E-state index contributed by atoms with van der Waals surface area (Å²) in [6, 6.07) is 0. The Kier molecular flexibility index (Phi) is 63.4. The van der Waals surface area contributed by atoms with Gasteiger partial charge < -0.3 is 77.7 Å². The van der Waals surface area contributed by atoms with Crippen LogP contribution >= 0.6 is 0 Å². The Morgan fingerprint density at radius 1 is 0.357 bits per heavy atom. The second-order valence-corrected chi connectivity index (χ2v) is 13.0. The van der Waals surface area contributed by atoms with Gasteiger partial charge in [-0.05, 0) is 75.6 Å². The lowest BCUT2D eigenvalue weighted by atomic mass is 10.0. The van der Waals surface area contributed by atoms with Crippen LogP contribution in [0.2, 0.25) is 0 Å². The van der Waals surface area contributed by atoms with E-state index in [1.807, 2.05) is 0 Å².